The predicted molar refractivity (Wildman–Crippen MR) is 350 cm³/mol. The Kier molecular flexibility index (Phi) is 58.0. The number of carbonyl (C=O) groups is 1. The maximum Gasteiger partial charge on any atom is 0.220 e. The number of allylic oxidation sites excluding steroid dienone is 13. The molecule has 476 valence electrons. The fourth-order valence-electron chi connectivity index (χ4n) is 10.8. The molecule has 6 N–H and O–H groups in total. The van der Waals surface area contributed by atoms with Gasteiger partial charge in [0.1, 0.15) is 24.4 Å². The summed E-state index contributed by atoms with van der Waals surface area (Å²) in [6, 6.07) is -0.833. The van der Waals surface area contributed by atoms with Crippen molar-refractivity contribution in [1.82, 2.24) is 5.32 Å². The summed E-state index contributed by atoms with van der Waals surface area (Å²) in [6.45, 7) is 3.68. The number of rotatable bonds is 60. The van der Waals surface area contributed by atoms with Crippen molar-refractivity contribution in [2.75, 3.05) is 13.2 Å². The highest BCUT2D eigenvalue weighted by Gasteiger charge is 2.44. The van der Waals surface area contributed by atoms with E-state index in [1.54, 1.807) is 6.08 Å². The van der Waals surface area contributed by atoms with Crippen molar-refractivity contribution in [3.05, 3.63) is 85.1 Å². The van der Waals surface area contributed by atoms with Crippen LogP contribution in [-0.4, -0.2) is 87.5 Å². The molecular weight excluding hydrogens is 1020 g/mol. The maximum absolute atomic E-state index is 13.1. The van der Waals surface area contributed by atoms with Crippen molar-refractivity contribution in [1.29, 1.82) is 0 Å². The van der Waals surface area contributed by atoms with E-state index in [4.69, 9.17) is 9.47 Å². The second-order valence-corrected chi connectivity index (χ2v) is 23.9. The van der Waals surface area contributed by atoms with Gasteiger partial charge in [0.25, 0.3) is 0 Å². The van der Waals surface area contributed by atoms with E-state index in [1.165, 1.54) is 225 Å². The molecule has 1 aliphatic heterocycles. The number of hydrogen-bond acceptors (Lipinski definition) is 8. The van der Waals surface area contributed by atoms with Gasteiger partial charge in [0.05, 0.1) is 25.4 Å². The topological polar surface area (TPSA) is 149 Å². The first-order valence-electron chi connectivity index (χ1n) is 34.8. The number of unbranched alkanes of at least 4 members (excludes halogenated alkanes) is 38. The van der Waals surface area contributed by atoms with E-state index in [-0.39, 0.29) is 12.5 Å². The zero-order chi connectivity index (χ0) is 59.3. The zero-order valence-corrected chi connectivity index (χ0v) is 53.2. The van der Waals surface area contributed by atoms with E-state index in [0.29, 0.717) is 6.42 Å². The summed E-state index contributed by atoms with van der Waals surface area (Å²) in [4.78, 5) is 13.1. The minimum Gasteiger partial charge on any atom is -0.394 e. The molecule has 1 rings (SSSR count). The van der Waals surface area contributed by atoms with Crippen LogP contribution in [0.1, 0.15) is 316 Å². The molecule has 1 aliphatic rings. The Balaban J connectivity index is 2.16. The molecular formula is C73H131NO8. The molecule has 1 amide bonds. The van der Waals surface area contributed by atoms with Crippen molar-refractivity contribution < 1.29 is 39.8 Å². The fourth-order valence-corrected chi connectivity index (χ4v) is 10.8. The highest BCUT2D eigenvalue weighted by Crippen LogP contribution is 2.23. The minimum atomic E-state index is -1.58. The van der Waals surface area contributed by atoms with Gasteiger partial charge >= 0.3 is 0 Å². The molecule has 0 aliphatic carbocycles. The minimum absolute atomic E-state index is 0.188. The Bertz CT molecular complexity index is 1570. The van der Waals surface area contributed by atoms with Gasteiger partial charge in [0, 0.05) is 6.42 Å². The second kappa shape index (κ2) is 61.5. The summed E-state index contributed by atoms with van der Waals surface area (Å²) in [6.07, 6.45) is 81.2. The normalized spacial score (nSPS) is 18.8. The quantitative estimate of drug-likeness (QED) is 0.0261. The van der Waals surface area contributed by atoms with E-state index in [2.05, 4.69) is 92.1 Å². The van der Waals surface area contributed by atoms with E-state index in [0.717, 1.165) is 70.6 Å². The van der Waals surface area contributed by atoms with E-state index in [9.17, 15) is 30.3 Å². The molecule has 7 atom stereocenters. The number of aliphatic hydroxyl groups is 5. The Labute approximate surface area is 505 Å². The molecule has 0 aromatic carbocycles. The van der Waals surface area contributed by atoms with Crippen molar-refractivity contribution in [3.8, 4) is 0 Å². The standard InChI is InChI=1S/C73H131NO8/c1-3-5-7-9-11-13-15-17-19-21-23-25-27-29-31-33-34-35-37-39-41-43-45-47-49-51-53-55-57-59-61-63-69(77)74-66(65-81-73-72(80)71(79)70(78)68(64-75)82-73)67(76)62-60-58-56-54-52-50-48-46-44-42-40-38-36-32-30-28-26-24-22-20-18-16-14-12-10-8-6-4-2/h5,7,11,13,17,19,23,25,44,46,52,54,60,62,66-68,70-73,75-76,78-80H,3-4,6,8-10,12,14-16,18,20-22,24,26-43,45,47-51,53,55-59,61,63-65H2,1-2H3,(H,74,77)/b7-5-,13-11-,19-17-,25-23-,46-44+,54-52+,62-60+. The Hall–Kier alpha value is -2.63. The molecule has 0 aromatic rings. The van der Waals surface area contributed by atoms with Crippen molar-refractivity contribution in [2.24, 2.45) is 0 Å². The number of hydrogen-bond donors (Lipinski definition) is 6. The summed E-state index contributed by atoms with van der Waals surface area (Å²) in [5.74, 6) is -0.188. The Morgan fingerprint density at radius 1 is 0.427 bits per heavy atom. The lowest BCUT2D eigenvalue weighted by Crippen LogP contribution is -2.60. The molecule has 0 radical (unpaired) electrons. The van der Waals surface area contributed by atoms with Crippen LogP contribution < -0.4 is 5.32 Å². The number of aliphatic hydroxyl groups excluding tert-OH is 5. The van der Waals surface area contributed by atoms with Crippen LogP contribution in [0, 0.1) is 0 Å². The molecule has 1 saturated heterocycles. The van der Waals surface area contributed by atoms with Crippen molar-refractivity contribution in [2.45, 2.75) is 358 Å². The number of amides is 1. The lowest BCUT2D eigenvalue weighted by atomic mass is 9.99. The third-order valence-electron chi connectivity index (χ3n) is 16.2. The maximum atomic E-state index is 13.1. The average Bonchev–Trinajstić information content (AvgIpc) is 3.52. The van der Waals surface area contributed by atoms with Gasteiger partial charge in [-0.15, -0.1) is 0 Å². The number of nitrogens with one attached hydrogen (secondary N) is 1. The van der Waals surface area contributed by atoms with Gasteiger partial charge in [-0.25, -0.2) is 0 Å². The SMILES string of the molecule is CC/C=C\C/C=C\C/C=C\C/C=C\CCCCCCCCCCCCCCCCCCCCC(=O)NC(COC1OC(CO)C(O)C(O)C1O)C(O)/C=C/CC/C=C/CC/C=C/CCCCCCCCCCCCCCCCCCCC. The first-order chi connectivity index (χ1) is 40.3. The molecule has 9 nitrogen and oxygen atoms in total. The molecule has 0 spiro atoms. The van der Waals surface area contributed by atoms with E-state index in [1.807, 2.05) is 6.08 Å². The van der Waals surface area contributed by atoms with Crippen LogP contribution in [0.25, 0.3) is 0 Å². The van der Waals surface area contributed by atoms with Gasteiger partial charge in [-0.3, -0.25) is 4.79 Å². The van der Waals surface area contributed by atoms with Gasteiger partial charge in [-0.05, 0) is 83.5 Å². The van der Waals surface area contributed by atoms with Crippen LogP contribution in [0.2, 0.25) is 0 Å². The lowest BCUT2D eigenvalue weighted by Gasteiger charge is -2.40. The van der Waals surface area contributed by atoms with Crippen LogP contribution in [-0.2, 0) is 14.3 Å². The first-order valence-corrected chi connectivity index (χ1v) is 34.8. The van der Waals surface area contributed by atoms with Gasteiger partial charge in [0.15, 0.2) is 6.29 Å². The van der Waals surface area contributed by atoms with Gasteiger partial charge in [0.2, 0.25) is 5.91 Å². The highest BCUT2D eigenvalue weighted by molar-refractivity contribution is 5.76. The van der Waals surface area contributed by atoms with Crippen molar-refractivity contribution in [3.63, 3.8) is 0 Å². The molecule has 0 saturated carbocycles. The summed E-state index contributed by atoms with van der Waals surface area (Å²) in [5.41, 5.74) is 0. The largest absolute Gasteiger partial charge is 0.394 e. The van der Waals surface area contributed by atoms with Crippen LogP contribution in [0.4, 0.5) is 0 Å². The van der Waals surface area contributed by atoms with Crippen LogP contribution in [0.15, 0.2) is 85.1 Å². The smallest absolute Gasteiger partial charge is 0.220 e. The molecule has 1 fully saturated rings. The Morgan fingerprint density at radius 2 is 0.768 bits per heavy atom. The monoisotopic (exact) mass is 1150 g/mol. The van der Waals surface area contributed by atoms with Crippen molar-refractivity contribution >= 4 is 5.91 Å². The average molecular weight is 1150 g/mol. The van der Waals surface area contributed by atoms with Crippen LogP contribution in [0.3, 0.4) is 0 Å². The lowest BCUT2D eigenvalue weighted by molar-refractivity contribution is -0.302. The Morgan fingerprint density at radius 3 is 1.17 bits per heavy atom. The van der Waals surface area contributed by atoms with E-state index >= 15 is 0 Å². The first kappa shape index (κ1) is 77.4. The third kappa shape index (κ3) is 49.6. The summed E-state index contributed by atoms with van der Waals surface area (Å²) >= 11 is 0. The molecule has 82 heavy (non-hydrogen) atoms. The summed E-state index contributed by atoms with van der Waals surface area (Å²) in [5, 5.41) is 54.7. The number of ether oxygens (including phenoxy) is 2. The van der Waals surface area contributed by atoms with Gasteiger partial charge in [-0.2, -0.15) is 0 Å². The zero-order valence-electron chi connectivity index (χ0n) is 53.2. The predicted octanol–water partition coefficient (Wildman–Crippen LogP) is 18.9. The highest BCUT2D eigenvalue weighted by atomic mass is 16.7. The fraction of sp³-hybridized carbons (Fsp3) is 0.795. The molecule has 0 aromatic heterocycles. The molecule has 1 heterocycles. The summed E-state index contributed by atoms with van der Waals surface area (Å²) < 4.78 is 11.3. The van der Waals surface area contributed by atoms with Crippen LogP contribution >= 0.6 is 0 Å². The summed E-state index contributed by atoms with van der Waals surface area (Å²) in [7, 11) is 0. The molecule has 0 bridgehead atoms. The molecule has 7 unspecified atom stereocenters. The van der Waals surface area contributed by atoms with Gasteiger partial charge in [-0.1, -0.05) is 311 Å². The van der Waals surface area contributed by atoms with Gasteiger partial charge < -0.3 is 40.3 Å². The molecule has 9 heteroatoms. The second-order valence-electron chi connectivity index (χ2n) is 23.9. The number of carbonyl (C=O) groups excluding carboxylic acids is 1. The van der Waals surface area contributed by atoms with E-state index < -0.39 is 49.5 Å². The third-order valence-corrected chi connectivity index (χ3v) is 16.2. The van der Waals surface area contributed by atoms with Crippen LogP contribution in [0.5, 0.6) is 0 Å².